The van der Waals surface area contributed by atoms with Gasteiger partial charge in [-0.15, -0.1) is 0 Å². The molecular formula is C11H18BrNO. The predicted octanol–water partition coefficient (Wildman–Crippen LogP) is 4.08. The van der Waals surface area contributed by atoms with Crippen LogP contribution >= 0.6 is 15.9 Å². The Bertz CT molecular complexity index is 247. The molecule has 0 aliphatic heterocycles. The maximum Gasteiger partial charge on any atom is 0.194 e. The lowest BCUT2D eigenvalue weighted by Gasteiger charge is -1.96. The largest absolute Gasteiger partial charge is 0.445 e. The van der Waals surface area contributed by atoms with Crippen molar-refractivity contribution in [1.82, 2.24) is 4.98 Å². The molecule has 1 rings (SSSR count). The van der Waals surface area contributed by atoms with Crippen LogP contribution in [0.25, 0.3) is 0 Å². The fourth-order valence-electron chi connectivity index (χ4n) is 1.41. The molecule has 0 saturated heterocycles. The zero-order valence-electron chi connectivity index (χ0n) is 8.76. The van der Waals surface area contributed by atoms with Gasteiger partial charge in [0.2, 0.25) is 0 Å². The van der Waals surface area contributed by atoms with Crippen molar-refractivity contribution in [1.29, 1.82) is 0 Å². The van der Waals surface area contributed by atoms with E-state index in [1.165, 1.54) is 32.1 Å². The molecule has 0 aliphatic rings. The molecule has 0 atom stereocenters. The second-order valence-electron chi connectivity index (χ2n) is 3.52. The maximum absolute atomic E-state index is 5.48. The quantitative estimate of drug-likeness (QED) is 0.545. The summed E-state index contributed by atoms with van der Waals surface area (Å²) in [6.07, 6.45) is 9.25. The molecule has 14 heavy (non-hydrogen) atoms. The van der Waals surface area contributed by atoms with Crippen LogP contribution in [0.4, 0.5) is 0 Å². The SMILES string of the molecule is CCCCCCCc1ncc(CBr)o1. The first-order chi connectivity index (χ1) is 6.86. The summed E-state index contributed by atoms with van der Waals surface area (Å²) in [4.78, 5) is 4.21. The summed E-state index contributed by atoms with van der Waals surface area (Å²) in [6.45, 7) is 2.23. The van der Waals surface area contributed by atoms with E-state index in [9.17, 15) is 0 Å². The first-order valence-corrected chi connectivity index (χ1v) is 6.48. The second kappa shape index (κ2) is 7.04. The van der Waals surface area contributed by atoms with Crippen molar-refractivity contribution in [3.8, 4) is 0 Å². The van der Waals surface area contributed by atoms with E-state index in [2.05, 4.69) is 27.8 Å². The number of unbranched alkanes of at least 4 members (excludes halogenated alkanes) is 4. The van der Waals surface area contributed by atoms with Crippen molar-refractivity contribution in [3.63, 3.8) is 0 Å². The van der Waals surface area contributed by atoms with Crippen LogP contribution in [0.1, 0.15) is 50.7 Å². The van der Waals surface area contributed by atoms with Crippen LogP contribution in [0.3, 0.4) is 0 Å². The fourth-order valence-corrected chi connectivity index (χ4v) is 1.66. The van der Waals surface area contributed by atoms with Crippen LogP contribution in [-0.2, 0) is 11.8 Å². The van der Waals surface area contributed by atoms with Gasteiger partial charge in [-0.1, -0.05) is 48.5 Å². The summed E-state index contributed by atoms with van der Waals surface area (Å²) < 4.78 is 5.48. The minimum Gasteiger partial charge on any atom is -0.445 e. The summed E-state index contributed by atoms with van der Waals surface area (Å²) in [6, 6.07) is 0. The Morgan fingerprint density at radius 2 is 2.07 bits per heavy atom. The monoisotopic (exact) mass is 259 g/mol. The second-order valence-corrected chi connectivity index (χ2v) is 4.08. The van der Waals surface area contributed by atoms with Crippen LogP contribution < -0.4 is 0 Å². The first-order valence-electron chi connectivity index (χ1n) is 5.36. The minimum atomic E-state index is 0.760. The van der Waals surface area contributed by atoms with Crippen LogP contribution in [0.2, 0.25) is 0 Å². The number of hydrogen-bond donors (Lipinski definition) is 0. The van der Waals surface area contributed by atoms with E-state index in [0.29, 0.717) is 0 Å². The zero-order chi connectivity index (χ0) is 10.2. The Labute approximate surface area is 94.2 Å². The van der Waals surface area contributed by atoms with E-state index < -0.39 is 0 Å². The van der Waals surface area contributed by atoms with Gasteiger partial charge in [0.25, 0.3) is 0 Å². The molecule has 0 bridgehead atoms. The average Bonchev–Trinajstić information content (AvgIpc) is 2.65. The molecule has 2 nitrogen and oxygen atoms in total. The van der Waals surface area contributed by atoms with Crippen LogP contribution in [0.15, 0.2) is 10.6 Å². The molecule has 0 aromatic carbocycles. The molecule has 3 heteroatoms. The highest BCUT2D eigenvalue weighted by Crippen LogP contribution is 2.11. The lowest BCUT2D eigenvalue weighted by molar-refractivity contribution is 0.457. The van der Waals surface area contributed by atoms with Gasteiger partial charge in [0, 0.05) is 6.42 Å². The summed E-state index contributed by atoms with van der Waals surface area (Å²) >= 11 is 3.34. The molecule has 0 aliphatic carbocycles. The number of aromatic nitrogens is 1. The van der Waals surface area contributed by atoms with E-state index in [1.807, 2.05) is 0 Å². The molecule has 1 aromatic rings. The normalized spacial score (nSPS) is 10.7. The third-order valence-corrected chi connectivity index (χ3v) is 2.78. The van der Waals surface area contributed by atoms with Crippen molar-refractivity contribution < 1.29 is 4.42 Å². The predicted molar refractivity (Wildman–Crippen MR) is 61.6 cm³/mol. The highest BCUT2D eigenvalue weighted by atomic mass is 79.9. The standard InChI is InChI=1S/C11H18BrNO/c1-2-3-4-5-6-7-11-13-9-10(8-12)14-11/h9H,2-8H2,1H3. The number of alkyl halides is 1. The molecule has 80 valence electrons. The summed E-state index contributed by atoms with van der Waals surface area (Å²) in [5.41, 5.74) is 0. The van der Waals surface area contributed by atoms with Crippen molar-refractivity contribution in [2.75, 3.05) is 0 Å². The Morgan fingerprint density at radius 1 is 1.29 bits per heavy atom. The highest BCUT2D eigenvalue weighted by Gasteiger charge is 2.01. The number of rotatable bonds is 7. The van der Waals surface area contributed by atoms with Gasteiger partial charge in [-0.25, -0.2) is 4.98 Å². The molecule has 0 N–H and O–H groups in total. The molecular weight excluding hydrogens is 242 g/mol. The van der Waals surface area contributed by atoms with Crippen LogP contribution in [0, 0.1) is 0 Å². The Hall–Kier alpha value is -0.310. The summed E-state index contributed by atoms with van der Waals surface area (Å²) in [5.74, 6) is 1.81. The fraction of sp³-hybridized carbons (Fsp3) is 0.727. The molecule has 1 heterocycles. The maximum atomic E-state index is 5.48. The molecule has 0 amide bonds. The lowest BCUT2D eigenvalue weighted by Crippen LogP contribution is -1.85. The summed E-state index contributed by atoms with van der Waals surface area (Å²) in [5, 5.41) is 0.760. The Morgan fingerprint density at radius 3 is 2.71 bits per heavy atom. The zero-order valence-corrected chi connectivity index (χ0v) is 10.3. The highest BCUT2D eigenvalue weighted by molar-refractivity contribution is 9.08. The Kier molecular flexibility index (Phi) is 5.92. The molecule has 0 radical (unpaired) electrons. The summed E-state index contributed by atoms with van der Waals surface area (Å²) in [7, 11) is 0. The third kappa shape index (κ3) is 4.27. The van der Waals surface area contributed by atoms with Crippen LogP contribution in [-0.4, -0.2) is 4.98 Å². The average molecular weight is 260 g/mol. The van der Waals surface area contributed by atoms with Gasteiger partial charge in [0.05, 0.1) is 11.5 Å². The number of hydrogen-bond acceptors (Lipinski definition) is 2. The van der Waals surface area contributed by atoms with Gasteiger partial charge in [0.15, 0.2) is 5.89 Å². The molecule has 0 saturated carbocycles. The molecule has 0 spiro atoms. The van der Waals surface area contributed by atoms with Gasteiger partial charge in [-0.2, -0.15) is 0 Å². The third-order valence-electron chi connectivity index (χ3n) is 2.23. The smallest absolute Gasteiger partial charge is 0.194 e. The molecule has 1 aromatic heterocycles. The van der Waals surface area contributed by atoms with Gasteiger partial charge in [0.1, 0.15) is 5.76 Å². The van der Waals surface area contributed by atoms with E-state index in [1.54, 1.807) is 6.20 Å². The van der Waals surface area contributed by atoms with E-state index in [4.69, 9.17) is 4.42 Å². The van der Waals surface area contributed by atoms with E-state index in [0.717, 1.165) is 23.4 Å². The van der Waals surface area contributed by atoms with Gasteiger partial charge >= 0.3 is 0 Å². The molecule has 0 unspecified atom stereocenters. The number of halogens is 1. The minimum absolute atomic E-state index is 0.760. The lowest BCUT2D eigenvalue weighted by atomic mass is 10.1. The Balaban J connectivity index is 2.12. The van der Waals surface area contributed by atoms with Gasteiger partial charge < -0.3 is 4.42 Å². The molecule has 0 fully saturated rings. The number of aryl methyl sites for hydroxylation is 1. The van der Waals surface area contributed by atoms with Gasteiger partial charge in [-0.3, -0.25) is 0 Å². The van der Waals surface area contributed by atoms with Crippen molar-refractivity contribution in [2.45, 2.75) is 50.8 Å². The first kappa shape index (κ1) is 11.8. The number of oxazole rings is 1. The number of nitrogens with zero attached hydrogens (tertiary/aromatic N) is 1. The van der Waals surface area contributed by atoms with Crippen molar-refractivity contribution in [3.05, 3.63) is 17.8 Å². The van der Waals surface area contributed by atoms with Crippen molar-refractivity contribution in [2.24, 2.45) is 0 Å². The van der Waals surface area contributed by atoms with Crippen molar-refractivity contribution >= 4 is 15.9 Å². The topological polar surface area (TPSA) is 26.0 Å². The van der Waals surface area contributed by atoms with Crippen LogP contribution in [0.5, 0.6) is 0 Å². The van der Waals surface area contributed by atoms with E-state index in [-0.39, 0.29) is 0 Å². The van der Waals surface area contributed by atoms with Gasteiger partial charge in [-0.05, 0) is 6.42 Å². The van der Waals surface area contributed by atoms with E-state index >= 15 is 0 Å².